The largest absolute Gasteiger partial charge is 0.371 e. The fraction of sp³-hybridized carbons (Fsp3) is 0.450. The number of benzene rings is 1. The van der Waals surface area contributed by atoms with Crippen molar-refractivity contribution >= 4 is 11.6 Å². The van der Waals surface area contributed by atoms with E-state index in [1.807, 2.05) is 31.2 Å². The predicted molar refractivity (Wildman–Crippen MR) is 102 cm³/mol. The summed E-state index contributed by atoms with van der Waals surface area (Å²) in [5.41, 5.74) is 2.50. The zero-order chi connectivity index (χ0) is 18.5. The molecule has 1 saturated heterocycles. The summed E-state index contributed by atoms with van der Waals surface area (Å²) >= 11 is 0. The number of carbonyl (C=O) groups excluding carboxylic acids is 1. The highest BCUT2D eigenvalue weighted by Crippen LogP contribution is 2.19. The summed E-state index contributed by atoms with van der Waals surface area (Å²) < 4.78 is 1.56. The lowest BCUT2D eigenvalue weighted by Crippen LogP contribution is -2.45. The molecule has 1 aromatic carbocycles. The fourth-order valence-corrected chi connectivity index (χ4v) is 3.48. The molecule has 0 saturated carbocycles. The van der Waals surface area contributed by atoms with Crippen LogP contribution in [0.3, 0.4) is 0 Å². The zero-order valence-corrected chi connectivity index (χ0v) is 15.4. The number of nitrogens with one attached hydrogen (secondary N) is 1. The second-order valence-electron chi connectivity index (χ2n) is 6.89. The van der Waals surface area contributed by atoms with Gasteiger partial charge in [0, 0.05) is 49.2 Å². The molecule has 6 heteroatoms. The Morgan fingerprint density at radius 1 is 1.19 bits per heavy atom. The summed E-state index contributed by atoms with van der Waals surface area (Å²) in [5, 5.41) is 3.11. The first-order valence-electron chi connectivity index (χ1n) is 9.17. The molecule has 0 unspecified atom stereocenters. The van der Waals surface area contributed by atoms with Gasteiger partial charge in [-0.25, -0.2) is 4.79 Å². The molecule has 2 aromatic rings. The monoisotopic (exact) mass is 354 g/mol. The highest BCUT2D eigenvalue weighted by molar-refractivity contribution is 5.76. The topological polar surface area (TPSA) is 67.2 Å². The van der Waals surface area contributed by atoms with Crippen molar-refractivity contribution in [3.63, 3.8) is 0 Å². The molecule has 0 aliphatic carbocycles. The van der Waals surface area contributed by atoms with Crippen LogP contribution in [0.5, 0.6) is 0 Å². The standard InChI is InChI=1S/C20H26N4O2/c1-15-14-16(2)24(20(26)21-15)13-10-19(25)22-17-8-11-23(12-9-17)18-6-4-3-5-7-18/h3-7,14,17H,8-13H2,1-2H3,(H,22,25). The minimum Gasteiger partial charge on any atom is -0.371 e. The SMILES string of the molecule is Cc1cc(C)n(CCC(=O)NC2CCN(c3ccccc3)CC2)c(=O)n1. The number of amides is 1. The van der Waals surface area contributed by atoms with E-state index in [0.717, 1.165) is 31.6 Å². The predicted octanol–water partition coefficient (Wildman–Crippen LogP) is 2.04. The molecule has 3 rings (SSSR count). The Morgan fingerprint density at radius 3 is 2.54 bits per heavy atom. The van der Waals surface area contributed by atoms with E-state index in [0.29, 0.717) is 18.7 Å². The number of aromatic nitrogens is 2. The van der Waals surface area contributed by atoms with E-state index in [-0.39, 0.29) is 17.6 Å². The third kappa shape index (κ3) is 4.50. The molecule has 1 fully saturated rings. The second-order valence-corrected chi connectivity index (χ2v) is 6.89. The van der Waals surface area contributed by atoms with Gasteiger partial charge in [0.2, 0.25) is 5.91 Å². The lowest BCUT2D eigenvalue weighted by molar-refractivity contribution is -0.122. The van der Waals surface area contributed by atoms with Crippen molar-refractivity contribution in [2.24, 2.45) is 0 Å². The van der Waals surface area contributed by atoms with Crippen LogP contribution in [-0.2, 0) is 11.3 Å². The van der Waals surface area contributed by atoms with Crippen molar-refractivity contribution in [2.75, 3.05) is 18.0 Å². The van der Waals surface area contributed by atoms with Gasteiger partial charge in [0.25, 0.3) is 0 Å². The number of hydrogen-bond acceptors (Lipinski definition) is 4. The van der Waals surface area contributed by atoms with E-state index in [9.17, 15) is 9.59 Å². The molecule has 0 bridgehead atoms. The molecular weight excluding hydrogens is 328 g/mol. The van der Waals surface area contributed by atoms with Gasteiger partial charge >= 0.3 is 5.69 Å². The molecule has 1 N–H and O–H groups in total. The van der Waals surface area contributed by atoms with Crippen LogP contribution < -0.4 is 15.9 Å². The van der Waals surface area contributed by atoms with Gasteiger partial charge in [0.05, 0.1) is 0 Å². The van der Waals surface area contributed by atoms with Gasteiger partial charge in [-0.15, -0.1) is 0 Å². The van der Waals surface area contributed by atoms with Gasteiger partial charge in [0.15, 0.2) is 0 Å². The maximum absolute atomic E-state index is 12.3. The highest BCUT2D eigenvalue weighted by Gasteiger charge is 2.20. The molecule has 2 heterocycles. The van der Waals surface area contributed by atoms with Gasteiger partial charge in [0.1, 0.15) is 0 Å². The third-order valence-electron chi connectivity index (χ3n) is 4.89. The van der Waals surface area contributed by atoms with Crippen molar-refractivity contribution in [3.8, 4) is 0 Å². The molecular formula is C20H26N4O2. The summed E-state index contributed by atoms with van der Waals surface area (Å²) in [5.74, 6) is -0.00460. The van der Waals surface area contributed by atoms with Gasteiger partial charge in [-0.05, 0) is 44.9 Å². The first kappa shape index (κ1) is 18.2. The number of para-hydroxylation sites is 1. The zero-order valence-electron chi connectivity index (χ0n) is 15.4. The number of carbonyl (C=O) groups is 1. The number of anilines is 1. The van der Waals surface area contributed by atoms with E-state index >= 15 is 0 Å². The van der Waals surface area contributed by atoms with Crippen molar-refractivity contribution in [3.05, 3.63) is 58.3 Å². The molecule has 1 aliphatic heterocycles. The van der Waals surface area contributed by atoms with Crippen LogP contribution in [0.15, 0.2) is 41.2 Å². The molecule has 26 heavy (non-hydrogen) atoms. The minimum atomic E-state index is -0.286. The lowest BCUT2D eigenvalue weighted by atomic mass is 10.0. The smallest absolute Gasteiger partial charge is 0.347 e. The van der Waals surface area contributed by atoms with Gasteiger partial charge in [-0.2, -0.15) is 4.98 Å². The fourth-order valence-electron chi connectivity index (χ4n) is 3.48. The first-order valence-corrected chi connectivity index (χ1v) is 9.17. The third-order valence-corrected chi connectivity index (χ3v) is 4.89. The van der Waals surface area contributed by atoms with Crippen LogP contribution in [0, 0.1) is 13.8 Å². The van der Waals surface area contributed by atoms with Crippen LogP contribution in [0.4, 0.5) is 5.69 Å². The van der Waals surface area contributed by atoms with Crippen molar-refractivity contribution in [1.82, 2.24) is 14.9 Å². The molecule has 138 valence electrons. The molecule has 0 radical (unpaired) electrons. The maximum atomic E-state index is 12.3. The molecule has 0 spiro atoms. The first-order chi connectivity index (χ1) is 12.5. The number of nitrogens with zero attached hydrogens (tertiary/aromatic N) is 3. The molecule has 0 atom stereocenters. The van der Waals surface area contributed by atoms with Crippen LogP contribution in [0.25, 0.3) is 0 Å². The van der Waals surface area contributed by atoms with E-state index in [2.05, 4.69) is 27.3 Å². The van der Waals surface area contributed by atoms with Gasteiger partial charge in [-0.3, -0.25) is 9.36 Å². The van der Waals surface area contributed by atoms with Gasteiger partial charge < -0.3 is 10.2 Å². The number of piperidine rings is 1. The average Bonchev–Trinajstić information content (AvgIpc) is 2.62. The Hall–Kier alpha value is -2.63. The normalized spacial score (nSPS) is 15.1. The Bertz CT molecular complexity index is 808. The molecule has 6 nitrogen and oxygen atoms in total. The van der Waals surface area contributed by atoms with Gasteiger partial charge in [-0.1, -0.05) is 18.2 Å². The van der Waals surface area contributed by atoms with E-state index < -0.39 is 0 Å². The molecule has 1 amide bonds. The van der Waals surface area contributed by atoms with Crippen molar-refractivity contribution < 1.29 is 4.79 Å². The average molecular weight is 354 g/mol. The Kier molecular flexibility index (Phi) is 5.71. The molecule has 1 aliphatic rings. The Labute approximate surface area is 153 Å². The summed E-state index contributed by atoms with van der Waals surface area (Å²) in [4.78, 5) is 30.5. The number of aryl methyl sites for hydroxylation is 2. The summed E-state index contributed by atoms with van der Waals surface area (Å²) in [6.07, 6.45) is 2.17. The van der Waals surface area contributed by atoms with E-state index in [4.69, 9.17) is 0 Å². The number of rotatable bonds is 5. The van der Waals surface area contributed by atoms with E-state index in [1.54, 1.807) is 11.5 Å². The highest BCUT2D eigenvalue weighted by atomic mass is 16.2. The van der Waals surface area contributed by atoms with Crippen molar-refractivity contribution in [1.29, 1.82) is 0 Å². The van der Waals surface area contributed by atoms with Crippen molar-refractivity contribution in [2.45, 2.75) is 45.7 Å². The Morgan fingerprint density at radius 2 is 1.88 bits per heavy atom. The second kappa shape index (κ2) is 8.17. The lowest BCUT2D eigenvalue weighted by Gasteiger charge is -2.34. The summed E-state index contributed by atoms with van der Waals surface area (Å²) in [7, 11) is 0. The van der Waals surface area contributed by atoms with Crippen LogP contribution in [-0.4, -0.2) is 34.6 Å². The molecule has 1 aromatic heterocycles. The quantitative estimate of drug-likeness (QED) is 0.892. The summed E-state index contributed by atoms with van der Waals surface area (Å²) in [6, 6.07) is 12.4. The maximum Gasteiger partial charge on any atom is 0.347 e. The van der Waals surface area contributed by atoms with E-state index in [1.165, 1.54) is 5.69 Å². The van der Waals surface area contributed by atoms with Crippen LogP contribution >= 0.6 is 0 Å². The van der Waals surface area contributed by atoms with Crippen LogP contribution in [0.2, 0.25) is 0 Å². The minimum absolute atomic E-state index is 0.00460. The summed E-state index contributed by atoms with van der Waals surface area (Å²) in [6.45, 7) is 5.91. The Balaban J connectivity index is 1.47. The van der Waals surface area contributed by atoms with Crippen LogP contribution in [0.1, 0.15) is 30.7 Å². The number of hydrogen-bond donors (Lipinski definition) is 1.